The molecular formula is C24H22N4O2. The number of carbonyl (C=O) groups excluding carboxylic acids is 1. The number of anilines is 1. The fraction of sp³-hybridized carbons (Fsp3) is 0.208. The summed E-state index contributed by atoms with van der Waals surface area (Å²) < 4.78 is 0. The van der Waals surface area contributed by atoms with Crippen LogP contribution in [0.1, 0.15) is 41.4 Å². The first-order chi connectivity index (χ1) is 14.7. The van der Waals surface area contributed by atoms with Crippen LogP contribution >= 0.6 is 0 Å². The van der Waals surface area contributed by atoms with E-state index in [9.17, 15) is 9.90 Å². The maximum absolute atomic E-state index is 12.6. The lowest BCUT2D eigenvalue weighted by molar-refractivity contribution is -0.115. The van der Waals surface area contributed by atoms with Crippen molar-refractivity contribution in [3.8, 4) is 5.75 Å². The summed E-state index contributed by atoms with van der Waals surface area (Å²) in [5, 5.41) is 20.6. The predicted molar refractivity (Wildman–Crippen MR) is 115 cm³/mol. The number of fused-ring (bicyclic) bond motifs is 1. The molecule has 1 fully saturated rings. The molecular weight excluding hydrogens is 376 g/mol. The molecule has 1 saturated carbocycles. The Morgan fingerprint density at radius 2 is 1.93 bits per heavy atom. The van der Waals surface area contributed by atoms with Crippen LogP contribution in [0.4, 0.5) is 5.82 Å². The Morgan fingerprint density at radius 1 is 1.10 bits per heavy atom. The number of phenols is 1. The first-order valence-electron chi connectivity index (χ1n) is 10.1. The quantitative estimate of drug-likeness (QED) is 0.461. The zero-order chi connectivity index (χ0) is 20.5. The number of nitrogens with zero attached hydrogens (tertiary/aromatic N) is 2. The van der Waals surface area contributed by atoms with Crippen molar-refractivity contribution in [2.24, 2.45) is 0 Å². The van der Waals surface area contributed by atoms with Crippen molar-refractivity contribution in [1.82, 2.24) is 15.2 Å². The zero-order valence-corrected chi connectivity index (χ0v) is 16.4. The van der Waals surface area contributed by atoms with Gasteiger partial charge < -0.3 is 10.4 Å². The minimum absolute atomic E-state index is 0.0712. The smallest absolute Gasteiger partial charge is 0.229 e. The van der Waals surface area contributed by atoms with Crippen LogP contribution in [-0.2, 0) is 11.2 Å². The van der Waals surface area contributed by atoms with E-state index < -0.39 is 0 Å². The van der Waals surface area contributed by atoms with Gasteiger partial charge in [-0.1, -0.05) is 24.3 Å². The van der Waals surface area contributed by atoms with Crippen molar-refractivity contribution < 1.29 is 9.90 Å². The molecule has 0 atom stereocenters. The lowest BCUT2D eigenvalue weighted by atomic mass is 9.69. The second-order valence-electron chi connectivity index (χ2n) is 7.91. The van der Waals surface area contributed by atoms with Gasteiger partial charge in [0.2, 0.25) is 5.91 Å². The van der Waals surface area contributed by atoms with Gasteiger partial charge in [0.1, 0.15) is 11.6 Å². The molecule has 4 aromatic rings. The molecule has 6 heteroatoms. The molecule has 6 nitrogen and oxygen atoms in total. The van der Waals surface area contributed by atoms with E-state index in [1.165, 1.54) is 5.56 Å². The standard InChI is InChI=1S/C24H22N4O2/c29-20-6-4-16(5-7-20)18-12-19(13-18)21-14-26-28-24(21)27-23(30)11-15-3-8-22-17(10-15)2-1-9-25-22/h1-10,14,18-19,29H,11-13H2,(H2,26,27,28,30). The summed E-state index contributed by atoms with van der Waals surface area (Å²) >= 11 is 0. The molecule has 30 heavy (non-hydrogen) atoms. The van der Waals surface area contributed by atoms with Gasteiger partial charge >= 0.3 is 0 Å². The molecule has 1 aliphatic rings. The van der Waals surface area contributed by atoms with E-state index in [0.29, 0.717) is 24.1 Å². The highest BCUT2D eigenvalue weighted by Gasteiger charge is 2.33. The Bertz CT molecular complexity index is 1190. The van der Waals surface area contributed by atoms with Crippen LogP contribution in [-0.4, -0.2) is 26.2 Å². The van der Waals surface area contributed by atoms with Gasteiger partial charge in [0, 0.05) is 17.1 Å². The average Bonchev–Trinajstić information content (AvgIpc) is 3.15. The number of aromatic nitrogens is 3. The van der Waals surface area contributed by atoms with E-state index in [1.807, 2.05) is 48.7 Å². The van der Waals surface area contributed by atoms with Gasteiger partial charge in [0.25, 0.3) is 0 Å². The van der Waals surface area contributed by atoms with Gasteiger partial charge in [0.05, 0.1) is 18.1 Å². The third-order valence-electron chi connectivity index (χ3n) is 5.91. The highest BCUT2D eigenvalue weighted by Crippen LogP contribution is 2.49. The molecule has 0 aliphatic heterocycles. The molecule has 0 spiro atoms. The Morgan fingerprint density at radius 3 is 2.77 bits per heavy atom. The maximum Gasteiger partial charge on any atom is 0.229 e. The molecule has 0 radical (unpaired) electrons. The van der Waals surface area contributed by atoms with Crippen molar-refractivity contribution in [3.63, 3.8) is 0 Å². The van der Waals surface area contributed by atoms with Crippen LogP contribution in [0.25, 0.3) is 10.9 Å². The van der Waals surface area contributed by atoms with Crippen molar-refractivity contribution in [3.05, 3.63) is 83.7 Å². The second kappa shape index (κ2) is 7.63. The fourth-order valence-electron chi connectivity index (χ4n) is 4.20. The Labute approximate surface area is 174 Å². The van der Waals surface area contributed by atoms with E-state index >= 15 is 0 Å². The lowest BCUT2D eigenvalue weighted by Gasteiger charge is -2.35. The first-order valence-corrected chi connectivity index (χ1v) is 10.1. The third kappa shape index (κ3) is 3.64. The van der Waals surface area contributed by atoms with Crippen LogP contribution in [0.5, 0.6) is 5.75 Å². The average molecular weight is 398 g/mol. The summed E-state index contributed by atoms with van der Waals surface area (Å²) in [7, 11) is 0. The summed E-state index contributed by atoms with van der Waals surface area (Å²) in [5.41, 5.74) is 4.17. The topological polar surface area (TPSA) is 90.9 Å². The highest BCUT2D eigenvalue weighted by molar-refractivity contribution is 5.93. The van der Waals surface area contributed by atoms with Gasteiger partial charge in [-0.05, 0) is 66.1 Å². The molecule has 0 unspecified atom stereocenters. The molecule has 2 heterocycles. The van der Waals surface area contributed by atoms with Crippen LogP contribution in [0, 0.1) is 0 Å². The van der Waals surface area contributed by atoms with Crippen molar-refractivity contribution in [1.29, 1.82) is 0 Å². The molecule has 1 aliphatic carbocycles. The van der Waals surface area contributed by atoms with Gasteiger partial charge in [0.15, 0.2) is 0 Å². The highest BCUT2D eigenvalue weighted by atomic mass is 16.3. The molecule has 150 valence electrons. The summed E-state index contributed by atoms with van der Waals surface area (Å²) in [6, 6.07) is 17.2. The van der Waals surface area contributed by atoms with Crippen LogP contribution in [0.3, 0.4) is 0 Å². The molecule has 0 bridgehead atoms. The SMILES string of the molecule is O=C(Cc1ccc2ncccc2c1)Nc1[nH]ncc1C1CC(c2ccc(O)cc2)C1. The third-order valence-corrected chi connectivity index (χ3v) is 5.91. The van der Waals surface area contributed by atoms with Crippen LogP contribution < -0.4 is 5.32 Å². The minimum atomic E-state index is -0.0712. The van der Waals surface area contributed by atoms with E-state index in [-0.39, 0.29) is 11.7 Å². The first kappa shape index (κ1) is 18.4. The maximum atomic E-state index is 12.6. The normalized spacial score (nSPS) is 18.1. The Hall–Kier alpha value is -3.67. The molecule has 5 rings (SSSR count). The summed E-state index contributed by atoms with van der Waals surface area (Å²) in [6.07, 6.45) is 5.88. The molecule has 0 saturated heterocycles. The molecule has 3 N–H and O–H groups in total. The van der Waals surface area contributed by atoms with E-state index in [4.69, 9.17) is 0 Å². The van der Waals surface area contributed by atoms with E-state index in [1.54, 1.807) is 18.3 Å². The summed E-state index contributed by atoms with van der Waals surface area (Å²) in [6.45, 7) is 0. The van der Waals surface area contributed by atoms with Crippen molar-refractivity contribution in [2.45, 2.75) is 31.1 Å². The summed E-state index contributed by atoms with van der Waals surface area (Å²) in [5.74, 6) is 1.75. The fourth-order valence-corrected chi connectivity index (χ4v) is 4.20. The number of nitrogens with one attached hydrogen (secondary N) is 2. The lowest BCUT2D eigenvalue weighted by Crippen LogP contribution is -2.22. The molecule has 2 aromatic heterocycles. The van der Waals surface area contributed by atoms with Crippen molar-refractivity contribution >= 4 is 22.6 Å². The number of hydrogen-bond acceptors (Lipinski definition) is 4. The Kier molecular flexibility index (Phi) is 4.67. The number of benzene rings is 2. The molecule has 1 amide bonds. The number of rotatable bonds is 5. The van der Waals surface area contributed by atoms with E-state index in [0.717, 1.165) is 34.9 Å². The number of hydrogen-bond donors (Lipinski definition) is 3. The Balaban J connectivity index is 1.23. The number of phenolic OH excluding ortho intramolecular Hbond substituents is 1. The number of aromatic hydroxyl groups is 1. The van der Waals surface area contributed by atoms with E-state index in [2.05, 4.69) is 20.5 Å². The van der Waals surface area contributed by atoms with Crippen LogP contribution in [0.2, 0.25) is 0 Å². The number of aromatic amines is 1. The van der Waals surface area contributed by atoms with Gasteiger partial charge in [-0.25, -0.2) is 0 Å². The predicted octanol–water partition coefficient (Wildman–Crippen LogP) is 4.51. The van der Waals surface area contributed by atoms with Gasteiger partial charge in [-0.3, -0.25) is 14.9 Å². The number of amides is 1. The monoisotopic (exact) mass is 398 g/mol. The van der Waals surface area contributed by atoms with Crippen LogP contribution in [0.15, 0.2) is 67.0 Å². The molecule has 2 aromatic carbocycles. The van der Waals surface area contributed by atoms with Gasteiger partial charge in [-0.2, -0.15) is 5.10 Å². The number of carbonyl (C=O) groups is 1. The number of H-pyrrole nitrogens is 1. The van der Waals surface area contributed by atoms with Gasteiger partial charge in [-0.15, -0.1) is 0 Å². The number of pyridine rings is 1. The minimum Gasteiger partial charge on any atom is -0.508 e. The zero-order valence-electron chi connectivity index (χ0n) is 16.4. The second-order valence-corrected chi connectivity index (χ2v) is 7.91. The largest absolute Gasteiger partial charge is 0.508 e. The van der Waals surface area contributed by atoms with Crippen molar-refractivity contribution in [2.75, 3.05) is 5.32 Å². The summed E-state index contributed by atoms with van der Waals surface area (Å²) in [4.78, 5) is 16.9.